The van der Waals surface area contributed by atoms with E-state index in [0.29, 0.717) is 5.92 Å². The highest BCUT2D eigenvalue weighted by atomic mass is 127. The Morgan fingerprint density at radius 3 is 2.61 bits per heavy atom. The molecule has 2 aliphatic rings. The van der Waals surface area contributed by atoms with Crippen molar-refractivity contribution in [2.24, 2.45) is 12.0 Å². The van der Waals surface area contributed by atoms with Crippen LogP contribution in [0.5, 0.6) is 0 Å². The zero-order valence-corrected chi connectivity index (χ0v) is 20.9. The lowest BCUT2D eigenvalue weighted by Gasteiger charge is -2.34. The summed E-state index contributed by atoms with van der Waals surface area (Å²) < 4.78 is 1.89. The predicted molar refractivity (Wildman–Crippen MR) is 134 cm³/mol. The predicted octanol–water partition coefficient (Wildman–Crippen LogP) is 1.41. The molecule has 2 saturated heterocycles. The second-order valence-corrected chi connectivity index (χ2v) is 7.99. The summed E-state index contributed by atoms with van der Waals surface area (Å²) in [6.45, 7) is 10.9. The Balaban J connectivity index is 0.00000272. The summed E-state index contributed by atoms with van der Waals surface area (Å²) in [5.41, 5.74) is 1.33. The van der Waals surface area contributed by atoms with Crippen molar-refractivity contribution in [2.45, 2.75) is 19.3 Å². The summed E-state index contributed by atoms with van der Waals surface area (Å²) in [5.74, 6) is 2.41. The molecular formula is C21H34IN9. The van der Waals surface area contributed by atoms with E-state index >= 15 is 0 Å². The van der Waals surface area contributed by atoms with Gasteiger partial charge in [0.15, 0.2) is 5.96 Å². The summed E-state index contributed by atoms with van der Waals surface area (Å²) in [7, 11) is 1.98. The van der Waals surface area contributed by atoms with Gasteiger partial charge in [0.05, 0.1) is 12.7 Å². The van der Waals surface area contributed by atoms with Crippen LogP contribution < -0.4 is 10.2 Å². The number of aromatic nitrogens is 4. The van der Waals surface area contributed by atoms with E-state index in [-0.39, 0.29) is 24.0 Å². The van der Waals surface area contributed by atoms with Crippen LogP contribution in [0.2, 0.25) is 0 Å². The van der Waals surface area contributed by atoms with Crippen molar-refractivity contribution in [3.63, 3.8) is 0 Å². The number of nitrogens with zero attached hydrogens (tertiary/aromatic N) is 8. The quantitative estimate of drug-likeness (QED) is 0.338. The van der Waals surface area contributed by atoms with Crippen molar-refractivity contribution in [1.29, 1.82) is 0 Å². The van der Waals surface area contributed by atoms with Gasteiger partial charge in [0.25, 0.3) is 0 Å². The van der Waals surface area contributed by atoms with Gasteiger partial charge in [-0.15, -0.1) is 24.0 Å². The number of guanidine groups is 1. The van der Waals surface area contributed by atoms with Gasteiger partial charge in [0.2, 0.25) is 5.95 Å². The van der Waals surface area contributed by atoms with Crippen molar-refractivity contribution in [2.75, 3.05) is 63.8 Å². The number of likely N-dealkylation sites (tertiary alicyclic amines) is 1. The van der Waals surface area contributed by atoms with Crippen LogP contribution >= 0.6 is 24.0 Å². The Hall–Kier alpha value is -1.95. The molecule has 170 valence electrons. The van der Waals surface area contributed by atoms with Gasteiger partial charge in [-0.2, -0.15) is 5.10 Å². The molecule has 1 N–H and O–H groups in total. The van der Waals surface area contributed by atoms with Crippen LogP contribution in [0.3, 0.4) is 0 Å². The zero-order valence-electron chi connectivity index (χ0n) is 18.5. The molecule has 31 heavy (non-hydrogen) atoms. The topological polar surface area (TPSA) is 77.7 Å². The molecule has 0 aliphatic carbocycles. The first-order valence-corrected chi connectivity index (χ1v) is 11.0. The van der Waals surface area contributed by atoms with E-state index in [1.807, 2.05) is 36.4 Å². The summed E-state index contributed by atoms with van der Waals surface area (Å²) >= 11 is 0. The molecule has 2 aromatic rings. The smallest absolute Gasteiger partial charge is 0.225 e. The van der Waals surface area contributed by atoms with Crippen LogP contribution in [0.25, 0.3) is 0 Å². The standard InChI is InChI=1S/C21H33N9.HI/c1-3-22-20(30-9-5-18(17-30)19-15-26-27(2)16-19)25-8-10-28-11-13-29(14-12-28)21-23-6-4-7-24-21;/h4,6-7,15-16,18H,3,5,8-14,17H2,1-2H3,(H,22,25);1H. The second kappa shape index (κ2) is 11.6. The molecule has 4 rings (SSSR count). The van der Waals surface area contributed by atoms with Gasteiger partial charge in [0.1, 0.15) is 0 Å². The monoisotopic (exact) mass is 539 g/mol. The Kier molecular flexibility index (Phi) is 8.88. The van der Waals surface area contributed by atoms with Crippen LogP contribution in [-0.4, -0.2) is 94.4 Å². The third-order valence-electron chi connectivity index (χ3n) is 5.90. The van der Waals surface area contributed by atoms with Gasteiger partial charge in [-0.05, 0) is 25.0 Å². The van der Waals surface area contributed by atoms with Crippen molar-refractivity contribution in [3.8, 4) is 0 Å². The Morgan fingerprint density at radius 1 is 1.16 bits per heavy atom. The molecule has 4 heterocycles. The molecule has 0 amide bonds. The van der Waals surface area contributed by atoms with E-state index < -0.39 is 0 Å². The SMILES string of the molecule is CCNC(=NCCN1CCN(c2ncccn2)CC1)N1CCC(c2cnn(C)c2)C1.I. The molecule has 0 saturated carbocycles. The van der Waals surface area contributed by atoms with E-state index in [9.17, 15) is 0 Å². The number of piperazine rings is 1. The molecule has 2 aromatic heterocycles. The summed E-state index contributed by atoms with van der Waals surface area (Å²) in [6, 6.07) is 1.86. The fourth-order valence-electron chi connectivity index (χ4n) is 4.22. The molecule has 1 unspecified atom stereocenters. The van der Waals surface area contributed by atoms with E-state index in [2.05, 4.69) is 48.2 Å². The lowest BCUT2D eigenvalue weighted by Crippen LogP contribution is -2.48. The first-order valence-electron chi connectivity index (χ1n) is 11.0. The number of aliphatic imine (C=N–C) groups is 1. The summed E-state index contributed by atoms with van der Waals surface area (Å²) in [5, 5.41) is 7.81. The van der Waals surface area contributed by atoms with Crippen LogP contribution in [-0.2, 0) is 7.05 Å². The van der Waals surface area contributed by atoms with Crippen molar-refractivity contribution in [1.82, 2.24) is 34.9 Å². The molecule has 9 nitrogen and oxygen atoms in total. The average molecular weight is 539 g/mol. The fraction of sp³-hybridized carbons (Fsp3) is 0.619. The number of aryl methyl sites for hydroxylation is 1. The fourth-order valence-corrected chi connectivity index (χ4v) is 4.22. The number of hydrogen-bond acceptors (Lipinski definition) is 6. The molecule has 0 aromatic carbocycles. The lowest BCUT2D eigenvalue weighted by atomic mass is 10.0. The number of nitrogens with one attached hydrogen (secondary N) is 1. The van der Waals surface area contributed by atoms with E-state index in [4.69, 9.17) is 4.99 Å². The minimum Gasteiger partial charge on any atom is -0.357 e. The molecule has 1 atom stereocenters. The molecule has 0 bridgehead atoms. The maximum absolute atomic E-state index is 4.93. The molecule has 2 aliphatic heterocycles. The van der Waals surface area contributed by atoms with Gasteiger partial charge in [-0.25, -0.2) is 9.97 Å². The van der Waals surface area contributed by atoms with Crippen molar-refractivity contribution in [3.05, 3.63) is 36.4 Å². The van der Waals surface area contributed by atoms with Gasteiger partial charge in [-0.3, -0.25) is 14.6 Å². The second-order valence-electron chi connectivity index (χ2n) is 7.99. The maximum Gasteiger partial charge on any atom is 0.225 e. The first-order chi connectivity index (χ1) is 14.7. The van der Waals surface area contributed by atoms with Gasteiger partial charge in [-0.1, -0.05) is 0 Å². The third kappa shape index (κ3) is 6.28. The Bertz CT molecular complexity index is 817. The van der Waals surface area contributed by atoms with Crippen LogP contribution in [0.15, 0.2) is 35.8 Å². The van der Waals surface area contributed by atoms with Gasteiger partial charge < -0.3 is 15.1 Å². The van der Waals surface area contributed by atoms with Crippen LogP contribution in [0.1, 0.15) is 24.8 Å². The molecule has 10 heteroatoms. The summed E-state index contributed by atoms with van der Waals surface area (Å²) in [4.78, 5) is 20.8. The normalized spacial score (nSPS) is 20.1. The number of anilines is 1. The molecule has 0 radical (unpaired) electrons. The summed E-state index contributed by atoms with van der Waals surface area (Å²) in [6.07, 6.45) is 8.90. The molecular weight excluding hydrogens is 505 g/mol. The highest BCUT2D eigenvalue weighted by Gasteiger charge is 2.27. The lowest BCUT2D eigenvalue weighted by molar-refractivity contribution is 0.263. The minimum absolute atomic E-state index is 0. The molecule has 0 spiro atoms. The van der Waals surface area contributed by atoms with Gasteiger partial charge >= 0.3 is 0 Å². The maximum atomic E-state index is 4.93. The molecule has 2 fully saturated rings. The van der Waals surface area contributed by atoms with E-state index in [1.165, 1.54) is 5.56 Å². The highest BCUT2D eigenvalue weighted by molar-refractivity contribution is 14.0. The number of hydrogen-bond donors (Lipinski definition) is 1. The Morgan fingerprint density at radius 2 is 1.94 bits per heavy atom. The van der Waals surface area contributed by atoms with Crippen molar-refractivity contribution >= 4 is 35.9 Å². The van der Waals surface area contributed by atoms with Gasteiger partial charge in [0, 0.05) is 83.9 Å². The first kappa shape index (κ1) is 23.7. The Labute approximate surface area is 202 Å². The average Bonchev–Trinajstić information content (AvgIpc) is 3.43. The van der Waals surface area contributed by atoms with E-state index in [0.717, 1.165) is 77.2 Å². The van der Waals surface area contributed by atoms with Crippen LogP contribution in [0.4, 0.5) is 5.95 Å². The number of rotatable bonds is 6. The zero-order chi connectivity index (χ0) is 20.8. The largest absolute Gasteiger partial charge is 0.357 e. The van der Waals surface area contributed by atoms with E-state index in [1.54, 1.807) is 0 Å². The third-order valence-corrected chi connectivity index (χ3v) is 5.90. The highest BCUT2D eigenvalue weighted by Crippen LogP contribution is 2.26. The van der Waals surface area contributed by atoms with Crippen LogP contribution in [0, 0.1) is 0 Å². The number of halogens is 1. The van der Waals surface area contributed by atoms with Crippen molar-refractivity contribution < 1.29 is 0 Å². The minimum atomic E-state index is 0.